The van der Waals surface area contributed by atoms with Crippen molar-refractivity contribution in [1.29, 1.82) is 0 Å². The lowest BCUT2D eigenvalue weighted by molar-refractivity contribution is 0.158. The maximum absolute atomic E-state index is 10.5. The molecule has 2 nitrogen and oxygen atoms in total. The lowest BCUT2D eigenvalue weighted by Gasteiger charge is -2.20. The molecule has 0 spiro atoms. The van der Waals surface area contributed by atoms with E-state index in [1.807, 2.05) is 19.9 Å². The molecule has 0 amide bonds. The summed E-state index contributed by atoms with van der Waals surface area (Å²) >= 11 is 3.56. The average molecular weight is 343 g/mol. The molecule has 1 atom stereocenters. The van der Waals surface area contributed by atoms with E-state index in [2.05, 4.69) is 22.9 Å². The van der Waals surface area contributed by atoms with Crippen LogP contribution in [0.2, 0.25) is 0 Å². The highest BCUT2D eigenvalue weighted by molar-refractivity contribution is 9.10. The van der Waals surface area contributed by atoms with E-state index in [1.54, 1.807) is 7.11 Å². The predicted molar refractivity (Wildman–Crippen MR) is 88.5 cm³/mol. The zero-order valence-corrected chi connectivity index (χ0v) is 14.7. The fraction of sp³-hybridized carbons (Fsp3) is 0.647. The van der Waals surface area contributed by atoms with Crippen LogP contribution in [0.5, 0.6) is 5.75 Å². The Hall–Kier alpha value is -0.540. The van der Waals surface area contributed by atoms with E-state index in [0.29, 0.717) is 0 Å². The molecule has 0 saturated heterocycles. The molecule has 1 rings (SSSR count). The van der Waals surface area contributed by atoms with Gasteiger partial charge in [0, 0.05) is 10.0 Å². The molecular weight excluding hydrogens is 316 g/mol. The molecule has 0 saturated carbocycles. The van der Waals surface area contributed by atoms with Gasteiger partial charge >= 0.3 is 0 Å². The van der Waals surface area contributed by atoms with Gasteiger partial charge < -0.3 is 9.84 Å². The number of aliphatic hydroxyl groups excluding tert-OH is 1. The van der Waals surface area contributed by atoms with Crippen LogP contribution in [0.4, 0.5) is 0 Å². The number of ether oxygens (including phenoxy) is 1. The molecule has 1 unspecified atom stereocenters. The molecule has 1 aromatic carbocycles. The van der Waals surface area contributed by atoms with Gasteiger partial charge in [-0.25, -0.2) is 0 Å². The summed E-state index contributed by atoms with van der Waals surface area (Å²) in [5, 5.41) is 10.5. The van der Waals surface area contributed by atoms with Crippen molar-refractivity contribution in [3.8, 4) is 5.75 Å². The zero-order valence-electron chi connectivity index (χ0n) is 13.1. The molecule has 1 N–H and O–H groups in total. The summed E-state index contributed by atoms with van der Waals surface area (Å²) in [6.07, 6.45) is 6.42. The molecule has 0 aliphatic rings. The van der Waals surface area contributed by atoms with Crippen molar-refractivity contribution in [3.63, 3.8) is 0 Å². The van der Waals surface area contributed by atoms with Crippen LogP contribution in [0, 0.1) is 13.8 Å². The van der Waals surface area contributed by atoms with Crippen LogP contribution < -0.4 is 4.74 Å². The normalized spacial score (nSPS) is 12.5. The van der Waals surface area contributed by atoms with Crippen LogP contribution in [-0.2, 0) is 0 Å². The van der Waals surface area contributed by atoms with Gasteiger partial charge in [-0.2, -0.15) is 0 Å². The second-order valence-electron chi connectivity index (χ2n) is 5.47. The molecular formula is C17H27BrO2. The number of hydrogen-bond acceptors (Lipinski definition) is 2. The van der Waals surface area contributed by atoms with Crippen LogP contribution in [0.25, 0.3) is 0 Å². The first-order chi connectivity index (χ1) is 9.52. The van der Waals surface area contributed by atoms with E-state index >= 15 is 0 Å². The summed E-state index contributed by atoms with van der Waals surface area (Å²) in [6.45, 7) is 6.26. The summed E-state index contributed by atoms with van der Waals surface area (Å²) < 4.78 is 6.53. The van der Waals surface area contributed by atoms with Gasteiger partial charge in [-0.1, -0.05) is 55.0 Å². The largest absolute Gasteiger partial charge is 0.496 e. The quantitative estimate of drug-likeness (QED) is 0.634. The third-order valence-electron chi connectivity index (χ3n) is 3.83. The van der Waals surface area contributed by atoms with E-state index in [1.165, 1.54) is 25.7 Å². The van der Waals surface area contributed by atoms with Crippen LogP contribution in [0.15, 0.2) is 10.5 Å². The standard InChI is InChI=1S/C17H27BrO2/c1-5-6-7-8-9-10-15(19)16-13(3)14(18)11-12(2)17(16)20-4/h11,15,19H,5-10H2,1-4H3. The number of unbranched alkanes of at least 4 members (excludes halogenated alkanes) is 4. The minimum atomic E-state index is -0.442. The highest BCUT2D eigenvalue weighted by Gasteiger charge is 2.19. The highest BCUT2D eigenvalue weighted by atomic mass is 79.9. The Balaban J connectivity index is 2.78. The van der Waals surface area contributed by atoms with Crippen LogP contribution in [-0.4, -0.2) is 12.2 Å². The first-order valence-electron chi connectivity index (χ1n) is 7.54. The minimum Gasteiger partial charge on any atom is -0.496 e. The van der Waals surface area contributed by atoms with Crippen molar-refractivity contribution >= 4 is 15.9 Å². The van der Waals surface area contributed by atoms with Gasteiger partial charge in [-0.05, 0) is 37.5 Å². The van der Waals surface area contributed by atoms with Gasteiger partial charge in [0.15, 0.2) is 0 Å². The van der Waals surface area contributed by atoms with E-state index in [0.717, 1.165) is 39.8 Å². The maximum Gasteiger partial charge on any atom is 0.127 e. The second-order valence-corrected chi connectivity index (χ2v) is 6.32. The smallest absolute Gasteiger partial charge is 0.127 e. The number of halogens is 1. The zero-order chi connectivity index (χ0) is 15.1. The second kappa shape index (κ2) is 8.68. The fourth-order valence-electron chi connectivity index (χ4n) is 2.63. The van der Waals surface area contributed by atoms with Crippen molar-refractivity contribution in [2.24, 2.45) is 0 Å². The molecule has 0 bridgehead atoms. The van der Waals surface area contributed by atoms with E-state index in [4.69, 9.17) is 4.74 Å². The lowest BCUT2D eigenvalue weighted by atomic mass is 9.95. The summed E-state index contributed by atoms with van der Waals surface area (Å²) in [6, 6.07) is 2.05. The number of hydrogen-bond donors (Lipinski definition) is 1. The monoisotopic (exact) mass is 342 g/mol. The predicted octanol–water partition coefficient (Wildman–Crippen LogP) is 5.47. The molecule has 0 aromatic heterocycles. The van der Waals surface area contributed by atoms with Gasteiger partial charge in [0.1, 0.15) is 5.75 Å². The highest BCUT2D eigenvalue weighted by Crippen LogP contribution is 2.38. The lowest BCUT2D eigenvalue weighted by Crippen LogP contribution is -2.05. The Morgan fingerprint density at radius 2 is 1.85 bits per heavy atom. The van der Waals surface area contributed by atoms with Crippen molar-refractivity contribution in [3.05, 3.63) is 27.2 Å². The SMILES string of the molecule is CCCCCCCC(O)c1c(C)c(Br)cc(C)c1OC. The molecule has 20 heavy (non-hydrogen) atoms. The Bertz CT molecular complexity index is 429. The molecule has 114 valence electrons. The van der Waals surface area contributed by atoms with Gasteiger partial charge in [-0.15, -0.1) is 0 Å². The Morgan fingerprint density at radius 3 is 2.45 bits per heavy atom. The molecule has 1 aromatic rings. The van der Waals surface area contributed by atoms with Crippen LogP contribution in [0.1, 0.15) is 68.2 Å². The number of methoxy groups -OCH3 is 1. The summed E-state index contributed by atoms with van der Waals surface area (Å²) in [5.74, 6) is 0.826. The third kappa shape index (κ3) is 4.49. The summed E-state index contributed by atoms with van der Waals surface area (Å²) in [4.78, 5) is 0. The van der Waals surface area contributed by atoms with Crippen molar-refractivity contribution in [2.45, 2.75) is 65.4 Å². The number of aryl methyl sites for hydroxylation is 1. The molecule has 3 heteroatoms. The van der Waals surface area contributed by atoms with Gasteiger partial charge in [0.25, 0.3) is 0 Å². The average Bonchev–Trinajstić information content (AvgIpc) is 2.42. The molecule has 0 heterocycles. The number of benzene rings is 1. The maximum atomic E-state index is 10.5. The van der Waals surface area contributed by atoms with Crippen LogP contribution in [0.3, 0.4) is 0 Å². The van der Waals surface area contributed by atoms with E-state index in [-0.39, 0.29) is 0 Å². The van der Waals surface area contributed by atoms with Crippen molar-refractivity contribution < 1.29 is 9.84 Å². The minimum absolute atomic E-state index is 0.442. The molecule has 0 aliphatic carbocycles. The molecule has 0 radical (unpaired) electrons. The Kier molecular flexibility index (Phi) is 7.60. The van der Waals surface area contributed by atoms with Gasteiger partial charge in [0.05, 0.1) is 13.2 Å². The third-order valence-corrected chi connectivity index (χ3v) is 4.65. The van der Waals surface area contributed by atoms with E-state index in [9.17, 15) is 5.11 Å². The van der Waals surface area contributed by atoms with Crippen molar-refractivity contribution in [2.75, 3.05) is 7.11 Å². The molecule has 0 fully saturated rings. The fourth-order valence-corrected chi connectivity index (χ4v) is 3.19. The first kappa shape index (κ1) is 17.5. The molecule has 0 aliphatic heterocycles. The Morgan fingerprint density at radius 1 is 1.20 bits per heavy atom. The Labute approximate surface area is 131 Å². The first-order valence-corrected chi connectivity index (χ1v) is 8.33. The van der Waals surface area contributed by atoms with Crippen LogP contribution >= 0.6 is 15.9 Å². The van der Waals surface area contributed by atoms with Crippen molar-refractivity contribution in [1.82, 2.24) is 0 Å². The van der Waals surface area contributed by atoms with E-state index < -0.39 is 6.10 Å². The topological polar surface area (TPSA) is 29.5 Å². The van der Waals surface area contributed by atoms with Gasteiger partial charge in [0.2, 0.25) is 0 Å². The number of aliphatic hydroxyl groups is 1. The van der Waals surface area contributed by atoms with Gasteiger partial charge in [-0.3, -0.25) is 0 Å². The number of rotatable bonds is 8. The summed E-state index contributed by atoms with van der Waals surface area (Å²) in [5.41, 5.74) is 3.08. The summed E-state index contributed by atoms with van der Waals surface area (Å²) in [7, 11) is 1.67.